The highest BCUT2D eigenvalue weighted by Crippen LogP contribution is 2.34. The molecule has 1 amide bonds. The first-order valence-corrected chi connectivity index (χ1v) is 8.85. The summed E-state index contributed by atoms with van der Waals surface area (Å²) in [7, 11) is 0. The number of hydrogen-bond acceptors (Lipinski definition) is 4. The Hall–Kier alpha value is -2.73. The number of nitro groups is 1. The number of hydrogen-bond donors (Lipinski definition) is 0. The third-order valence-electron chi connectivity index (χ3n) is 4.55. The van der Waals surface area contributed by atoms with E-state index in [1.54, 1.807) is 0 Å². The van der Waals surface area contributed by atoms with Crippen molar-refractivity contribution in [2.24, 2.45) is 5.92 Å². The highest BCUT2D eigenvalue weighted by molar-refractivity contribution is 5.94. The Morgan fingerprint density at radius 1 is 1.15 bits per heavy atom. The van der Waals surface area contributed by atoms with Crippen LogP contribution < -0.4 is 0 Å². The third-order valence-corrected chi connectivity index (χ3v) is 4.55. The van der Waals surface area contributed by atoms with Gasteiger partial charge in [-0.25, -0.2) is 5.01 Å². The van der Waals surface area contributed by atoms with Crippen LogP contribution >= 0.6 is 0 Å². The molecule has 136 valence electrons. The van der Waals surface area contributed by atoms with Crippen LogP contribution in [-0.4, -0.2) is 33.9 Å². The fraction of sp³-hybridized carbons (Fsp3) is 0.350. The summed E-state index contributed by atoms with van der Waals surface area (Å²) < 4.78 is 0. The fourth-order valence-corrected chi connectivity index (χ4v) is 3.41. The molecule has 3 rings (SSSR count). The van der Waals surface area contributed by atoms with Gasteiger partial charge >= 0.3 is 0 Å². The molecule has 0 unspecified atom stereocenters. The summed E-state index contributed by atoms with van der Waals surface area (Å²) in [5.41, 5.74) is 1.56. The number of amides is 1. The van der Waals surface area contributed by atoms with Crippen molar-refractivity contribution < 1.29 is 9.72 Å². The molecule has 6 heteroatoms. The number of carbonyl (C=O) groups excluding carboxylic acids is 1. The van der Waals surface area contributed by atoms with Gasteiger partial charge in [0.25, 0.3) is 11.6 Å². The topological polar surface area (TPSA) is 66.7 Å². The van der Waals surface area contributed by atoms with E-state index in [4.69, 9.17) is 0 Å². The molecule has 0 N–H and O–H groups in total. The average molecular weight is 353 g/mol. The predicted molar refractivity (Wildman–Crippen MR) is 99.5 cm³/mol. The van der Waals surface area contributed by atoms with Crippen LogP contribution in [-0.2, 0) is 0 Å². The smallest absolute Gasteiger partial charge is 0.268 e. The molecule has 2 aromatic rings. The van der Waals surface area contributed by atoms with Gasteiger partial charge in [0.1, 0.15) is 0 Å². The average Bonchev–Trinajstić information content (AvgIpc) is 3.04. The van der Waals surface area contributed by atoms with Crippen molar-refractivity contribution in [3.8, 4) is 0 Å². The zero-order valence-electron chi connectivity index (χ0n) is 15.0. The molecule has 0 saturated carbocycles. The molecule has 1 saturated heterocycles. The highest BCUT2D eigenvalue weighted by Gasteiger charge is 2.37. The van der Waals surface area contributed by atoms with E-state index in [2.05, 4.69) is 18.9 Å². The number of carbonyl (C=O) groups is 1. The van der Waals surface area contributed by atoms with Crippen molar-refractivity contribution in [2.45, 2.75) is 26.3 Å². The standard InChI is InChI=1S/C20H23N3O3/c1-15(2)14-21-13-12-19(16-6-4-3-5-7-16)22(21)20(24)17-8-10-18(11-9-17)23(25)26/h3-11,15,19H,12-14H2,1-2H3/t19-/m0/s1. The Balaban J connectivity index is 1.91. The van der Waals surface area contributed by atoms with Gasteiger partial charge in [0.2, 0.25) is 0 Å². The minimum absolute atomic E-state index is 0.0124. The van der Waals surface area contributed by atoms with E-state index in [1.807, 2.05) is 35.3 Å². The summed E-state index contributed by atoms with van der Waals surface area (Å²) in [6, 6.07) is 15.8. The summed E-state index contributed by atoms with van der Waals surface area (Å²) in [5.74, 6) is 0.309. The molecule has 0 aliphatic carbocycles. The Morgan fingerprint density at radius 2 is 1.81 bits per heavy atom. The van der Waals surface area contributed by atoms with E-state index in [9.17, 15) is 14.9 Å². The molecule has 1 fully saturated rings. The number of non-ortho nitro benzene ring substituents is 1. The molecule has 1 heterocycles. The fourth-order valence-electron chi connectivity index (χ4n) is 3.41. The van der Waals surface area contributed by atoms with Gasteiger partial charge in [0.15, 0.2) is 0 Å². The number of nitro benzene ring substituents is 1. The van der Waals surface area contributed by atoms with E-state index in [0.29, 0.717) is 11.5 Å². The van der Waals surface area contributed by atoms with E-state index < -0.39 is 4.92 Å². The quantitative estimate of drug-likeness (QED) is 0.601. The lowest BCUT2D eigenvalue weighted by molar-refractivity contribution is -0.384. The summed E-state index contributed by atoms with van der Waals surface area (Å²) in [5, 5.41) is 14.8. The van der Waals surface area contributed by atoms with Gasteiger partial charge in [0.05, 0.1) is 11.0 Å². The first-order valence-electron chi connectivity index (χ1n) is 8.85. The highest BCUT2D eigenvalue weighted by atomic mass is 16.6. The van der Waals surface area contributed by atoms with Gasteiger partial charge in [-0.3, -0.25) is 19.9 Å². The molecule has 1 aliphatic heterocycles. The third kappa shape index (κ3) is 3.75. The second kappa shape index (κ2) is 7.66. The van der Waals surface area contributed by atoms with Crippen LogP contribution in [0.4, 0.5) is 5.69 Å². The van der Waals surface area contributed by atoms with Crippen molar-refractivity contribution >= 4 is 11.6 Å². The minimum atomic E-state index is -0.456. The zero-order chi connectivity index (χ0) is 18.7. The van der Waals surface area contributed by atoms with Crippen molar-refractivity contribution in [1.29, 1.82) is 0 Å². The van der Waals surface area contributed by atoms with Crippen LogP contribution in [0.5, 0.6) is 0 Å². The second-order valence-corrected chi connectivity index (χ2v) is 6.98. The SMILES string of the molecule is CC(C)CN1CC[C@@H](c2ccccc2)N1C(=O)c1ccc([N+](=O)[O-])cc1. The second-order valence-electron chi connectivity index (χ2n) is 6.98. The van der Waals surface area contributed by atoms with E-state index in [1.165, 1.54) is 24.3 Å². The Labute approximate surface area is 153 Å². The van der Waals surface area contributed by atoms with Crippen LogP contribution in [0.2, 0.25) is 0 Å². The first-order chi connectivity index (χ1) is 12.5. The van der Waals surface area contributed by atoms with E-state index in [0.717, 1.165) is 25.1 Å². The summed E-state index contributed by atoms with van der Waals surface area (Å²) in [6.45, 7) is 5.87. The van der Waals surface area contributed by atoms with E-state index in [-0.39, 0.29) is 17.6 Å². The molecule has 2 aromatic carbocycles. The molecular formula is C20H23N3O3. The zero-order valence-corrected chi connectivity index (χ0v) is 15.0. The number of rotatable bonds is 5. The van der Waals surface area contributed by atoms with Gasteiger partial charge in [-0.15, -0.1) is 0 Å². The lowest BCUT2D eigenvalue weighted by atomic mass is 10.0. The maximum absolute atomic E-state index is 13.2. The Kier molecular flexibility index (Phi) is 5.32. The molecule has 0 radical (unpaired) electrons. The van der Waals surface area contributed by atoms with Crippen molar-refractivity contribution in [3.05, 3.63) is 75.8 Å². The normalized spacial score (nSPS) is 17.7. The van der Waals surface area contributed by atoms with Crippen molar-refractivity contribution in [3.63, 3.8) is 0 Å². The number of nitrogens with zero attached hydrogens (tertiary/aromatic N) is 3. The van der Waals surface area contributed by atoms with E-state index >= 15 is 0 Å². The summed E-state index contributed by atoms with van der Waals surface area (Å²) in [4.78, 5) is 23.6. The van der Waals surface area contributed by atoms with Crippen LogP contribution in [0.3, 0.4) is 0 Å². The van der Waals surface area contributed by atoms with Crippen LogP contribution in [0, 0.1) is 16.0 Å². The largest absolute Gasteiger partial charge is 0.269 e. The van der Waals surface area contributed by atoms with Gasteiger partial charge in [-0.1, -0.05) is 44.2 Å². The van der Waals surface area contributed by atoms with Gasteiger partial charge < -0.3 is 0 Å². The number of hydrazine groups is 1. The van der Waals surface area contributed by atoms with Crippen LogP contribution in [0.1, 0.15) is 42.2 Å². The number of benzene rings is 2. The van der Waals surface area contributed by atoms with Gasteiger partial charge in [0, 0.05) is 30.8 Å². The van der Waals surface area contributed by atoms with Crippen LogP contribution in [0.25, 0.3) is 0 Å². The molecule has 0 spiro atoms. The maximum atomic E-state index is 13.2. The molecule has 26 heavy (non-hydrogen) atoms. The Bertz CT molecular complexity index is 775. The van der Waals surface area contributed by atoms with Gasteiger partial charge in [-0.05, 0) is 30.0 Å². The summed E-state index contributed by atoms with van der Waals surface area (Å²) in [6.07, 6.45) is 0.870. The monoisotopic (exact) mass is 353 g/mol. The molecule has 0 aromatic heterocycles. The molecular weight excluding hydrogens is 330 g/mol. The lowest BCUT2D eigenvalue weighted by Gasteiger charge is -2.33. The molecule has 6 nitrogen and oxygen atoms in total. The molecule has 1 atom stereocenters. The predicted octanol–water partition coefficient (Wildman–Crippen LogP) is 4.06. The maximum Gasteiger partial charge on any atom is 0.269 e. The molecule has 1 aliphatic rings. The van der Waals surface area contributed by atoms with Crippen molar-refractivity contribution in [2.75, 3.05) is 13.1 Å². The van der Waals surface area contributed by atoms with Crippen LogP contribution in [0.15, 0.2) is 54.6 Å². The van der Waals surface area contributed by atoms with Gasteiger partial charge in [-0.2, -0.15) is 0 Å². The first kappa shape index (κ1) is 18.1. The minimum Gasteiger partial charge on any atom is -0.268 e. The Morgan fingerprint density at radius 3 is 2.38 bits per heavy atom. The lowest BCUT2D eigenvalue weighted by Crippen LogP contribution is -2.44. The molecule has 0 bridgehead atoms. The van der Waals surface area contributed by atoms with Crippen molar-refractivity contribution in [1.82, 2.24) is 10.0 Å². The summed E-state index contributed by atoms with van der Waals surface area (Å²) >= 11 is 0.